The van der Waals surface area contributed by atoms with E-state index >= 15 is 0 Å². The minimum absolute atomic E-state index is 0.0385. The van der Waals surface area contributed by atoms with E-state index in [2.05, 4.69) is 5.32 Å². The molecular weight excluding hydrogens is 277 g/mol. The smallest absolute Gasteiger partial charge is 0.178 e. The maximum Gasteiger partial charge on any atom is 0.178 e. The maximum absolute atomic E-state index is 13.4. The summed E-state index contributed by atoms with van der Waals surface area (Å²) in [6.07, 6.45) is 5.60. The fourth-order valence-electron chi connectivity index (χ4n) is 2.90. The van der Waals surface area contributed by atoms with Crippen LogP contribution in [0.5, 0.6) is 0 Å². The van der Waals surface area contributed by atoms with Gasteiger partial charge < -0.3 is 5.32 Å². The molecule has 1 unspecified atom stereocenters. The van der Waals surface area contributed by atoms with Crippen LogP contribution >= 0.6 is 0 Å². The quantitative estimate of drug-likeness (QED) is 0.671. The Hall–Kier alpha value is -0.940. The molecule has 5 heteroatoms. The minimum Gasteiger partial charge on any atom is -0.310 e. The molecule has 0 radical (unpaired) electrons. The van der Waals surface area contributed by atoms with E-state index in [0.29, 0.717) is 16.9 Å². The largest absolute Gasteiger partial charge is 0.310 e. The second-order valence-corrected chi connectivity index (χ2v) is 7.96. The number of rotatable bonds is 5. The zero-order chi connectivity index (χ0) is 14.2. The highest BCUT2D eigenvalue weighted by atomic mass is 32.2. The SMILES string of the molecule is O=S1(=O)CCC(NCCCC2CC2)c2cc(F)ccc21. The lowest BCUT2D eigenvalue weighted by Crippen LogP contribution is -2.30. The van der Waals surface area contributed by atoms with Gasteiger partial charge in [-0.05, 0) is 55.5 Å². The van der Waals surface area contributed by atoms with Crippen LogP contribution in [0.4, 0.5) is 4.39 Å². The normalized spacial score (nSPS) is 24.4. The number of nitrogens with one attached hydrogen (secondary N) is 1. The molecule has 1 atom stereocenters. The molecule has 110 valence electrons. The highest BCUT2D eigenvalue weighted by Gasteiger charge is 2.30. The van der Waals surface area contributed by atoms with Gasteiger partial charge in [-0.25, -0.2) is 12.8 Å². The average Bonchev–Trinajstić information content (AvgIpc) is 3.20. The summed E-state index contributed by atoms with van der Waals surface area (Å²) in [6, 6.07) is 3.96. The summed E-state index contributed by atoms with van der Waals surface area (Å²) in [5.41, 5.74) is 0.600. The third-order valence-corrected chi connectivity index (χ3v) is 6.05. The van der Waals surface area contributed by atoms with Crippen molar-refractivity contribution in [3.63, 3.8) is 0 Å². The van der Waals surface area contributed by atoms with Crippen molar-refractivity contribution >= 4 is 9.84 Å². The molecule has 1 saturated carbocycles. The van der Waals surface area contributed by atoms with E-state index in [-0.39, 0.29) is 17.6 Å². The molecule has 1 aromatic carbocycles. The van der Waals surface area contributed by atoms with E-state index in [4.69, 9.17) is 0 Å². The standard InChI is InChI=1S/C15H20FNO2S/c16-12-5-6-15-13(10-12)14(7-9-20(15,18)19)17-8-1-2-11-3-4-11/h5-6,10-11,14,17H,1-4,7-9H2. The van der Waals surface area contributed by atoms with Crippen molar-refractivity contribution < 1.29 is 12.8 Å². The summed E-state index contributed by atoms with van der Waals surface area (Å²) in [6.45, 7) is 0.872. The monoisotopic (exact) mass is 297 g/mol. The van der Waals surface area contributed by atoms with Crippen molar-refractivity contribution in [2.45, 2.75) is 43.0 Å². The molecule has 1 fully saturated rings. The molecule has 0 bridgehead atoms. The van der Waals surface area contributed by atoms with Crippen LogP contribution in [-0.2, 0) is 9.84 Å². The van der Waals surface area contributed by atoms with Crippen LogP contribution in [0.2, 0.25) is 0 Å². The zero-order valence-corrected chi connectivity index (χ0v) is 12.3. The van der Waals surface area contributed by atoms with Crippen LogP contribution in [0.25, 0.3) is 0 Å². The molecule has 2 aliphatic rings. The first-order valence-corrected chi connectivity index (χ1v) is 8.97. The molecule has 3 rings (SSSR count). The lowest BCUT2D eigenvalue weighted by atomic mass is 10.0. The van der Waals surface area contributed by atoms with Crippen LogP contribution in [0, 0.1) is 11.7 Å². The summed E-state index contributed by atoms with van der Waals surface area (Å²) >= 11 is 0. The van der Waals surface area contributed by atoms with Crippen molar-refractivity contribution in [3.8, 4) is 0 Å². The Morgan fingerprint density at radius 1 is 1.25 bits per heavy atom. The van der Waals surface area contributed by atoms with Gasteiger partial charge >= 0.3 is 0 Å². The number of hydrogen-bond acceptors (Lipinski definition) is 3. The second-order valence-electron chi connectivity index (χ2n) is 5.88. The fraction of sp³-hybridized carbons (Fsp3) is 0.600. The van der Waals surface area contributed by atoms with Crippen LogP contribution < -0.4 is 5.32 Å². The minimum atomic E-state index is -3.23. The third kappa shape index (κ3) is 3.04. The number of hydrogen-bond donors (Lipinski definition) is 1. The van der Waals surface area contributed by atoms with E-state index in [1.54, 1.807) is 0 Å². The number of benzene rings is 1. The number of fused-ring (bicyclic) bond motifs is 1. The molecule has 1 N–H and O–H groups in total. The van der Waals surface area contributed by atoms with Crippen molar-refractivity contribution in [1.29, 1.82) is 0 Å². The summed E-state index contributed by atoms with van der Waals surface area (Å²) in [5.74, 6) is 0.685. The van der Waals surface area contributed by atoms with Crippen molar-refractivity contribution in [3.05, 3.63) is 29.6 Å². The molecule has 0 amide bonds. The van der Waals surface area contributed by atoms with E-state index in [1.807, 2.05) is 0 Å². The van der Waals surface area contributed by atoms with E-state index in [0.717, 1.165) is 18.9 Å². The van der Waals surface area contributed by atoms with Gasteiger partial charge in [0.15, 0.2) is 9.84 Å². The Bertz CT molecular complexity index is 596. The van der Waals surface area contributed by atoms with Gasteiger partial charge in [-0.3, -0.25) is 0 Å². The van der Waals surface area contributed by atoms with Gasteiger partial charge in [0.1, 0.15) is 5.82 Å². The van der Waals surface area contributed by atoms with Gasteiger partial charge in [-0.2, -0.15) is 0 Å². The van der Waals surface area contributed by atoms with Crippen LogP contribution in [0.15, 0.2) is 23.1 Å². The zero-order valence-electron chi connectivity index (χ0n) is 11.4. The Balaban J connectivity index is 1.71. The summed E-state index contributed by atoms with van der Waals surface area (Å²) in [5, 5.41) is 3.39. The van der Waals surface area contributed by atoms with Crippen LogP contribution in [-0.4, -0.2) is 20.7 Å². The first-order chi connectivity index (χ1) is 9.56. The molecule has 1 aliphatic carbocycles. The van der Waals surface area contributed by atoms with Gasteiger partial charge in [0.25, 0.3) is 0 Å². The second kappa shape index (κ2) is 5.45. The van der Waals surface area contributed by atoms with Crippen molar-refractivity contribution in [2.75, 3.05) is 12.3 Å². The van der Waals surface area contributed by atoms with Crippen LogP contribution in [0.1, 0.15) is 43.7 Å². The molecule has 1 heterocycles. The Morgan fingerprint density at radius 3 is 2.80 bits per heavy atom. The van der Waals surface area contributed by atoms with Gasteiger partial charge in [0, 0.05) is 6.04 Å². The lowest BCUT2D eigenvalue weighted by Gasteiger charge is -2.26. The maximum atomic E-state index is 13.4. The van der Waals surface area contributed by atoms with Crippen molar-refractivity contribution in [2.24, 2.45) is 5.92 Å². The Morgan fingerprint density at radius 2 is 2.05 bits per heavy atom. The van der Waals surface area contributed by atoms with Crippen molar-refractivity contribution in [1.82, 2.24) is 5.32 Å². The van der Waals surface area contributed by atoms with Gasteiger partial charge in [-0.15, -0.1) is 0 Å². The van der Waals surface area contributed by atoms with E-state index in [9.17, 15) is 12.8 Å². The summed E-state index contributed by atoms with van der Waals surface area (Å²) < 4.78 is 37.4. The fourth-order valence-corrected chi connectivity index (χ4v) is 4.50. The molecule has 0 aromatic heterocycles. The average molecular weight is 297 g/mol. The molecular formula is C15H20FNO2S. The van der Waals surface area contributed by atoms with Gasteiger partial charge in [-0.1, -0.05) is 12.8 Å². The topological polar surface area (TPSA) is 46.2 Å². The highest BCUT2D eigenvalue weighted by molar-refractivity contribution is 7.91. The van der Waals surface area contributed by atoms with E-state index in [1.165, 1.54) is 37.5 Å². The predicted octanol–water partition coefficient (Wildman–Crippen LogP) is 2.82. The Kier molecular flexibility index (Phi) is 3.82. The predicted molar refractivity (Wildman–Crippen MR) is 75.8 cm³/mol. The molecule has 0 saturated heterocycles. The highest BCUT2D eigenvalue weighted by Crippen LogP contribution is 2.34. The number of sulfone groups is 1. The molecule has 1 aliphatic heterocycles. The first kappa shape index (κ1) is 14.0. The Labute approximate surface area is 119 Å². The third-order valence-electron chi connectivity index (χ3n) is 4.23. The molecule has 0 spiro atoms. The molecule has 3 nitrogen and oxygen atoms in total. The van der Waals surface area contributed by atoms with Gasteiger partial charge in [0.2, 0.25) is 0 Å². The van der Waals surface area contributed by atoms with E-state index < -0.39 is 9.84 Å². The van der Waals surface area contributed by atoms with Crippen LogP contribution in [0.3, 0.4) is 0 Å². The first-order valence-electron chi connectivity index (χ1n) is 7.32. The lowest BCUT2D eigenvalue weighted by molar-refractivity contribution is 0.473. The summed E-state index contributed by atoms with van der Waals surface area (Å²) in [4.78, 5) is 0.296. The molecule has 1 aromatic rings. The summed E-state index contributed by atoms with van der Waals surface area (Å²) in [7, 11) is -3.23. The van der Waals surface area contributed by atoms with Gasteiger partial charge in [0.05, 0.1) is 10.6 Å². The number of halogens is 1. The molecule has 20 heavy (non-hydrogen) atoms.